The van der Waals surface area contributed by atoms with Crippen molar-refractivity contribution in [2.75, 3.05) is 0 Å². The molecule has 0 N–H and O–H groups in total. The molecule has 1 aromatic carbocycles. The molecular weight excluding hydrogens is 416 g/mol. The van der Waals surface area contributed by atoms with Crippen molar-refractivity contribution in [3.05, 3.63) is 29.8 Å². The van der Waals surface area contributed by atoms with Crippen LogP contribution < -0.4 is 0 Å². The highest BCUT2D eigenvalue weighted by Crippen LogP contribution is 2.43. The summed E-state index contributed by atoms with van der Waals surface area (Å²) >= 11 is 8.79. The van der Waals surface area contributed by atoms with E-state index in [0.717, 1.165) is 0 Å². The van der Waals surface area contributed by atoms with Crippen molar-refractivity contribution in [1.82, 2.24) is 0 Å². The summed E-state index contributed by atoms with van der Waals surface area (Å²) in [7, 11) is -3.64. The zero-order valence-corrected chi connectivity index (χ0v) is 12.7. The fourth-order valence-corrected chi connectivity index (χ4v) is 3.35. The average molecular weight is 420 g/mol. The predicted molar refractivity (Wildman–Crippen MR) is 67.9 cm³/mol. The summed E-state index contributed by atoms with van der Waals surface area (Å²) in [6, 6.07) is 5.60. The Balaban J connectivity index is 3.34. The lowest BCUT2D eigenvalue weighted by molar-refractivity contribution is 0.562. The van der Waals surface area contributed by atoms with Crippen LogP contribution >= 0.6 is 47.8 Å². The molecule has 0 amide bonds. The molecule has 0 aliphatic heterocycles. The molecule has 81 valence electrons. The molecule has 0 aliphatic carbocycles. The highest BCUT2D eigenvalue weighted by molar-refractivity contribution is 9.42. The summed E-state index contributed by atoms with van der Waals surface area (Å²) in [4.78, 5) is 10.4. The normalized spacial score (nSPS) is 12.5. The summed E-state index contributed by atoms with van der Waals surface area (Å²) in [6.45, 7) is 0. The molecule has 15 heavy (non-hydrogen) atoms. The Labute approximate surface area is 113 Å². The molecule has 1 rings (SSSR count). The van der Waals surface area contributed by atoms with Gasteiger partial charge in [0.2, 0.25) is 17.6 Å². The van der Waals surface area contributed by atoms with Crippen LogP contribution in [0, 0.1) is 0 Å². The molecule has 3 nitrogen and oxygen atoms in total. The van der Waals surface area contributed by atoms with Gasteiger partial charge in [0, 0.05) is 5.56 Å². The summed E-state index contributed by atoms with van der Waals surface area (Å²) in [5.74, 6) is 0. The smallest absolute Gasteiger partial charge is 0.239 e. The molecule has 7 heteroatoms. The van der Waals surface area contributed by atoms with E-state index in [9.17, 15) is 13.2 Å². The number of carbonyl (C=O) groups excluding carboxylic acids is 1. The van der Waals surface area contributed by atoms with Gasteiger partial charge in [0.15, 0.2) is 0 Å². The van der Waals surface area contributed by atoms with E-state index in [4.69, 9.17) is 0 Å². The lowest BCUT2D eigenvalue weighted by Crippen LogP contribution is -2.17. The highest BCUT2D eigenvalue weighted by Gasteiger charge is 2.37. The van der Waals surface area contributed by atoms with Crippen molar-refractivity contribution >= 4 is 63.9 Å². The van der Waals surface area contributed by atoms with E-state index in [2.05, 4.69) is 47.8 Å². The first kappa shape index (κ1) is 13.3. The van der Waals surface area contributed by atoms with Crippen LogP contribution in [0.1, 0.15) is 5.56 Å². The van der Waals surface area contributed by atoms with Crippen molar-refractivity contribution in [3.8, 4) is 0 Å². The highest BCUT2D eigenvalue weighted by atomic mass is 80.0. The molecule has 0 atom stereocenters. The van der Waals surface area contributed by atoms with Gasteiger partial charge in [0.25, 0.3) is 0 Å². The van der Waals surface area contributed by atoms with E-state index < -0.39 is 11.3 Å². The number of sulfone groups is 1. The van der Waals surface area contributed by atoms with Crippen LogP contribution in [0.3, 0.4) is 0 Å². The quantitative estimate of drug-likeness (QED) is 0.692. The molecule has 0 aromatic heterocycles. The summed E-state index contributed by atoms with van der Waals surface area (Å²) in [6.07, 6.45) is 1.63. The van der Waals surface area contributed by atoms with Gasteiger partial charge in [-0.05, 0) is 59.9 Å². The zero-order chi connectivity index (χ0) is 11.7. The van der Waals surface area contributed by atoms with Gasteiger partial charge in [-0.15, -0.1) is 0 Å². The van der Waals surface area contributed by atoms with E-state index in [1.807, 2.05) is 0 Å². The Bertz CT molecular complexity index is 476. The Kier molecular flexibility index (Phi) is 4.13. The lowest BCUT2D eigenvalue weighted by atomic mass is 10.2. The van der Waals surface area contributed by atoms with Crippen LogP contribution in [0.2, 0.25) is 0 Å². The molecule has 1 radical (unpaired) electrons. The number of halogens is 3. The molecule has 0 heterocycles. The van der Waals surface area contributed by atoms with Crippen LogP contribution in [-0.4, -0.2) is 16.2 Å². The minimum Gasteiger partial charge on any atom is -0.285 e. The zero-order valence-electron chi connectivity index (χ0n) is 7.08. The van der Waals surface area contributed by atoms with Crippen molar-refractivity contribution in [3.63, 3.8) is 0 Å². The maximum Gasteiger partial charge on any atom is 0.239 e. The topological polar surface area (TPSA) is 51.2 Å². The second kappa shape index (κ2) is 4.65. The molecule has 0 bridgehead atoms. The fraction of sp³-hybridized carbons (Fsp3) is 0.125. The van der Waals surface area contributed by atoms with Gasteiger partial charge < -0.3 is 0 Å². The number of alkyl halides is 3. The third-order valence-corrected chi connectivity index (χ3v) is 6.89. The van der Waals surface area contributed by atoms with Crippen LogP contribution in [0.15, 0.2) is 29.2 Å². The number of benzene rings is 1. The van der Waals surface area contributed by atoms with Gasteiger partial charge in [-0.2, -0.15) is 0 Å². The monoisotopic (exact) mass is 417 g/mol. The van der Waals surface area contributed by atoms with E-state index >= 15 is 0 Å². The standard InChI is InChI=1S/C8H4Br3O3S/c9-8(10,11)15(13,14)7-3-1-2-6(4-7)5-12/h1-4H. The Morgan fingerprint density at radius 1 is 1.20 bits per heavy atom. The van der Waals surface area contributed by atoms with Crippen LogP contribution in [0.4, 0.5) is 0 Å². The Hall–Kier alpha value is 0.280. The molecule has 0 fully saturated rings. The molecule has 0 saturated carbocycles. The second-order valence-corrected chi connectivity index (χ2v) is 13.0. The van der Waals surface area contributed by atoms with E-state index in [1.165, 1.54) is 24.3 Å². The summed E-state index contributed by atoms with van der Waals surface area (Å²) in [5, 5.41) is 0. The SMILES string of the molecule is O=[C]c1cccc(S(=O)(=O)C(Br)(Br)Br)c1. The lowest BCUT2D eigenvalue weighted by Gasteiger charge is -2.13. The maximum atomic E-state index is 11.9. The van der Waals surface area contributed by atoms with E-state index in [1.54, 1.807) is 6.29 Å². The van der Waals surface area contributed by atoms with Gasteiger partial charge in [-0.1, -0.05) is 12.1 Å². The van der Waals surface area contributed by atoms with Gasteiger partial charge in [-0.3, -0.25) is 4.79 Å². The van der Waals surface area contributed by atoms with E-state index in [-0.39, 0.29) is 10.5 Å². The third-order valence-electron chi connectivity index (χ3n) is 1.57. The first-order valence-corrected chi connectivity index (χ1v) is 7.45. The summed E-state index contributed by atoms with van der Waals surface area (Å²) in [5.41, 5.74) is 0.188. The van der Waals surface area contributed by atoms with Gasteiger partial charge in [0.1, 0.15) is 0 Å². The van der Waals surface area contributed by atoms with Crippen LogP contribution in [-0.2, 0) is 14.6 Å². The molecule has 0 unspecified atom stereocenters. The largest absolute Gasteiger partial charge is 0.285 e. The van der Waals surface area contributed by atoms with Crippen LogP contribution in [0.5, 0.6) is 0 Å². The Morgan fingerprint density at radius 2 is 1.80 bits per heavy atom. The van der Waals surface area contributed by atoms with Gasteiger partial charge in [0.05, 0.1) is 4.90 Å². The average Bonchev–Trinajstić information content (AvgIpc) is 2.16. The van der Waals surface area contributed by atoms with E-state index in [0.29, 0.717) is 0 Å². The van der Waals surface area contributed by atoms with Crippen molar-refractivity contribution in [2.24, 2.45) is 0 Å². The predicted octanol–water partition coefficient (Wildman–Crippen LogP) is 2.71. The minimum atomic E-state index is -3.64. The first-order valence-electron chi connectivity index (χ1n) is 3.58. The number of hydrogen-bond donors (Lipinski definition) is 0. The first-order chi connectivity index (χ1) is 6.79. The molecule has 0 aliphatic rings. The maximum absolute atomic E-state index is 11.9. The van der Waals surface area contributed by atoms with Gasteiger partial charge >= 0.3 is 0 Å². The molecule has 1 aromatic rings. The summed E-state index contributed by atoms with van der Waals surface area (Å²) < 4.78 is 22.3. The fourth-order valence-electron chi connectivity index (χ4n) is 0.860. The van der Waals surface area contributed by atoms with Crippen molar-refractivity contribution < 1.29 is 13.2 Å². The van der Waals surface area contributed by atoms with Crippen molar-refractivity contribution in [1.29, 1.82) is 0 Å². The van der Waals surface area contributed by atoms with Crippen molar-refractivity contribution in [2.45, 2.75) is 6.37 Å². The number of hydrogen-bond acceptors (Lipinski definition) is 3. The van der Waals surface area contributed by atoms with Gasteiger partial charge in [-0.25, -0.2) is 8.42 Å². The Morgan fingerprint density at radius 3 is 2.27 bits per heavy atom. The number of rotatable bonds is 2. The third kappa shape index (κ3) is 2.89. The molecular formula is C8H4Br3O3S. The second-order valence-electron chi connectivity index (χ2n) is 2.58. The molecule has 0 saturated heterocycles. The minimum absolute atomic E-state index is 0.0222. The molecule has 0 spiro atoms. The van der Waals surface area contributed by atoms with Crippen LogP contribution in [0.25, 0.3) is 0 Å².